The van der Waals surface area contributed by atoms with E-state index in [1.54, 1.807) is 12.1 Å². The first-order valence-electron chi connectivity index (χ1n) is 5.90. The number of furan rings is 1. The van der Waals surface area contributed by atoms with Crippen LogP contribution in [-0.2, 0) is 0 Å². The second-order valence-corrected chi connectivity index (χ2v) is 4.73. The Kier molecular flexibility index (Phi) is 4.10. The summed E-state index contributed by atoms with van der Waals surface area (Å²) >= 11 is 6.07. The quantitative estimate of drug-likeness (QED) is 0.889. The molecule has 2 rings (SSSR count). The molecule has 0 fully saturated rings. The first-order valence-corrected chi connectivity index (χ1v) is 6.28. The zero-order valence-corrected chi connectivity index (χ0v) is 11.7. The summed E-state index contributed by atoms with van der Waals surface area (Å²) in [6, 6.07) is 5.98. The third-order valence-electron chi connectivity index (χ3n) is 2.64. The lowest BCUT2D eigenvalue weighted by atomic mass is 10.1. The molecule has 5 nitrogen and oxygen atoms in total. The normalized spacial score (nSPS) is 10.2. The Balaban J connectivity index is 2.07. The molecule has 104 valence electrons. The number of carbonyl (C=O) groups excluding carboxylic acids is 2. The van der Waals surface area contributed by atoms with Crippen LogP contribution in [0, 0.1) is 13.8 Å². The van der Waals surface area contributed by atoms with Crippen LogP contribution >= 0.6 is 11.6 Å². The molecule has 20 heavy (non-hydrogen) atoms. The molecular formula is C14H13ClN2O3. The molecule has 0 aliphatic heterocycles. The van der Waals surface area contributed by atoms with Crippen molar-refractivity contribution in [1.29, 1.82) is 0 Å². The molecule has 3 amide bonds. The zero-order chi connectivity index (χ0) is 14.7. The van der Waals surface area contributed by atoms with Crippen LogP contribution in [0.25, 0.3) is 0 Å². The summed E-state index contributed by atoms with van der Waals surface area (Å²) in [4.78, 5) is 23.4. The lowest BCUT2D eigenvalue weighted by Crippen LogP contribution is -2.34. The van der Waals surface area contributed by atoms with Crippen molar-refractivity contribution in [2.75, 3.05) is 5.32 Å². The molecular weight excluding hydrogens is 280 g/mol. The van der Waals surface area contributed by atoms with Crippen LogP contribution in [0.2, 0.25) is 5.02 Å². The summed E-state index contributed by atoms with van der Waals surface area (Å²) in [7, 11) is 0. The van der Waals surface area contributed by atoms with Gasteiger partial charge in [0.15, 0.2) is 5.76 Å². The summed E-state index contributed by atoms with van der Waals surface area (Å²) in [6.45, 7) is 3.73. The van der Waals surface area contributed by atoms with Gasteiger partial charge in [-0.3, -0.25) is 10.1 Å². The Bertz CT molecular complexity index is 627. The van der Waals surface area contributed by atoms with Gasteiger partial charge in [-0.05, 0) is 43.2 Å². The summed E-state index contributed by atoms with van der Waals surface area (Å²) in [5.74, 6) is -0.555. The van der Waals surface area contributed by atoms with Crippen molar-refractivity contribution < 1.29 is 14.0 Å². The zero-order valence-electron chi connectivity index (χ0n) is 11.0. The number of benzene rings is 1. The van der Waals surface area contributed by atoms with Crippen LogP contribution in [0.3, 0.4) is 0 Å². The molecule has 1 aromatic heterocycles. The molecule has 0 atom stereocenters. The largest absolute Gasteiger partial charge is 0.459 e. The van der Waals surface area contributed by atoms with Gasteiger partial charge in [0.2, 0.25) is 0 Å². The summed E-state index contributed by atoms with van der Waals surface area (Å²) in [6.07, 6.45) is 1.35. The van der Waals surface area contributed by atoms with Crippen LogP contribution in [0.1, 0.15) is 21.7 Å². The maximum absolute atomic E-state index is 11.8. The molecule has 0 bridgehead atoms. The topological polar surface area (TPSA) is 71.3 Å². The summed E-state index contributed by atoms with van der Waals surface area (Å²) in [5.41, 5.74) is 2.28. The van der Waals surface area contributed by atoms with Gasteiger partial charge in [-0.2, -0.15) is 0 Å². The second kappa shape index (κ2) is 5.79. The number of imide groups is 1. The van der Waals surface area contributed by atoms with Crippen LogP contribution in [0.5, 0.6) is 0 Å². The molecule has 2 N–H and O–H groups in total. The minimum absolute atomic E-state index is 0.0619. The third-order valence-corrected chi connectivity index (χ3v) is 2.94. The van der Waals surface area contributed by atoms with Crippen LogP contribution < -0.4 is 10.6 Å². The first kappa shape index (κ1) is 14.1. The first-order chi connectivity index (χ1) is 9.47. The number of anilines is 1. The molecule has 0 unspecified atom stereocenters. The number of hydrogen-bond donors (Lipinski definition) is 2. The molecule has 1 aromatic carbocycles. The van der Waals surface area contributed by atoms with Crippen molar-refractivity contribution >= 4 is 29.2 Å². The van der Waals surface area contributed by atoms with E-state index >= 15 is 0 Å². The van der Waals surface area contributed by atoms with E-state index in [1.165, 1.54) is 12.3 Å². The predicted octanol–water partition coefficient (Wildman–Crippen LogP) is 3.51. The van der Waals surface area contributed by atoms with E-state index in [4.69, 9.17) is 16.0 Å². The molecule has 6 heteroatoms. The fourth-order valence-electron chi connectivity index (χ4n) is 1.79. The van der Waals surface area contributed by atoms with E-state index in [9.17, 15) is 9.59 Å². The highest BCUT2D eigenvalue weighted by atomic mass is 35.5. The van der Waals surface area contributed by atoms with Gasteiger partial charge in [-0.1, -0.05) is 17.7 Å². The SMILES string of the molecule is Cc1cc(C)c(NC(=O)NC(=O)c2ccco2)c(Cl)c1. The molecule has 0 radical (unpaired) electrons. The lowest BCUT2D eigenvalue weighted by Gasteiger charge is -2.11. The van der Waals surface area contributed by atoms with Gasteiger partial charge in [-0.15, -0.1) is 0 Å². The van der Waals surface area contributed by atoms with Crippen molar-refractivity contribution in [3.8, 4) is 0 Å². The molecule has 0 aliphatic rings. The van der Waals surface area contributed by atoms with Crippen molar-refractivity contribution in [1.82, 2.24) is 5.32 Å². The highest BCUT2D eigenvalue weighted by molar-refractivity contribution is 6.34. The minimum Gasteiger partial charge on any atom is -0.459 e. The predicted molar refractivity (Wildman–Crippen MR) is 76.1 cm³/mol. The molecule has 0 saturated heterocycles. The summed E-state index contributed by atoms with van der Waals surface area (Å²) in [5, 5.41) is 5.13. The molecule has 0 aliphatic carbocycles. The Hall–Kier alpha value is -2.27. The molecule has 2 aromatic rings. The second-order valence-electron chi connectivity index (χ2n) is 4.32. The van der Waals surface area contributed by atoms with Crippen molar-refractivity contribution in [2.45, 2.75) is 13.8 Å². The number of nitrogens with one attached hydrogen (secondary N) is 2. The Labute approximate surface area is 120 Å². The fraction of sp³-hybridized carbons (Fsp3) is 0.143. The number of hydrogen-bond acceptors (Lipinski definition) is 3. The van der Waals surface area contributed by atoms with Gasteiger partial charge in [0.25, 0.3) is 5.91 Å². The van der Waals surface area contributed by atoms with E-state index in [2.05, 4.69) is 10.6 Å². The Morgan fingerprint density at radius 2 is 2.00 bits per heavy atom. The van der Waals surface area contributed by atoms with E-state index < -0.39 is 11.9 Å². The molecule has 1 heterocycles. The number of halogens is 1. The minimum atomic E-state index is -0.666. The van der Waals surface area contributed by atoms with Gasteiger partial charge in [0, 0.05) is 0 Å². The van der Waals surface area contributed by atoms with E-state index in [-0.39, 0.29) is 5.76 Å². The highest BCUT2D eigenvalue weighted by Gasteiger charge is 2.14. The van der Waals surface area contributed by atoms with Crippen LogP contribution in [-0.4, -0.2) is 11.9 Å². The molecule has 0 spiro atoms. The number of amides is 3. The van der Waals surface area contributed by atoms with E-state index in [0.29, 0.717) is 10.7 Å². The fourth-order valence-corrected chi connectivity index (χ4v) is 2.16. The van der Waals surface area contributed by atoms with Gasteiger partial charge in [0.05, 0.1) is 17.0 Å². The Morgan fingerprint density at radius 1 is 1.25 bits per heavy atom. The monoisotopic (exact) mass is 292 g/mol. The van der Waals surface area contributed by atoms with Crippen LogP contribution in [0.15, 0.2) is 34.9 Å². The van der Waals surface area contributed by atoms with Crippen molar-refractivity contribution in [3.05, 3.63) is 52.4 Å². The van der Waals surface area contributed by atoms with Gasteiger partial charge >= 0.3 is 6.03 Å². The average molecular weight is 293 g/mol. The van der Waals surface area contributed by atoms with E-state index in [1.807, 2.05) is 19.9 Å². The summed E-state index contributed by atoms with van der Waals surface area (Å²) < 4.78 is 4.89. The smallest absolute Gasteiger partial charge is 0.326 e. The van der Waals surface area contributed by atoms with Gasteiger partial charge < -0.3 is 9.73 Å². The maximum atomic E-state index is 11.8. The average Bonchev–Trinajstić information content (AvgIpc) is 2.87. The number of carbonyl (C=O) groups is 2. The van der Waals surface area contributed by atoms with E-state index in [0.717, 1.165) is 11.1 Å². The number of rotatable bonds is 2. The number of aryl methyl sites for hydroxylation is 2. The van der Waals surface area contributed by atoms with Crippen molar-refractivity contribution in [3.63, 3.8) is 0 Å². The highest BCUT2D eigenvalue weighted by Crippen LogP contribution is 2.27. The van der Waals surface area contributed by atoms with Gasteiger partial charge in [0.1, 0.15) is 0 Å². The standard InChI is InChI=1S/C14H13ClN2O3/c1-8-6-9(2)12(10(15)7-8)16-14(19)17-13(18)11-4-3-5-20-11/h3-7H,1-2H3,(H2,16,17,18,19). The van der Waals surface area contributed by atoms with Crippen molar-refractivity contribution in [2.24, 2.45) is 0 Å². The van der Waals surface area contributed by atoms with Crippen LogP contribution in [0.4, 0.5) is 10.5 Å². The maximum Gasteiger partial charge on any atom is 0.326 e. The van der Waals surface area contributed by atoms with Gasteiger partial charge in [-0.25, -0.2) is 4.79 Å². The number of urea groups is 1. The lowest BCUT2D eigenvalue weighted by molar-refractivity contribution is 0.0940. The third kappa shape index (κ3) is 3.19. The molecule has 0 saturated carbocycles. The Morgan fingerprint density at radius 3 is 2.60 bits per heavy atom.